The summed E-state index contributed by atoms with van der Waals surface area (Å²) in [5.41, 5.74) is -0.930. The molecule has 1 aliphatic heterocycles. The molecule has 2 aliphatic rings. The molecule has 3 rings (SSSR count). The number of benzene rings is 1. The molecule has 0 amide bonds. The Morgan fingerprint density at radius 2 is 1.82 bits per heavy atom. The molecule has 2 fully saturated rings. The molecular formula is C14H16F3NO3S. The van der Waals surface area contributed by atoms with Gasteiger partial charge in [0.25, 0.3) is 0 Å². The zero-order valence-electron chi connectivity index (χ0n) is 11.6. The summed E-state index contributed by atoms with van der Waals surface area (Å²) in [5.74, 6) is 0. The van der Waals surface area contributed by atoms with E-state index >= 15 is 0 Å². The zero-order chi connectivity index (χ0) is 16.1. The van der Waals surface area contributed by atoms with Crippen molar-refractivity contribution in [2.75, 3.05) is 6.54 Å². The molecule has 22 heavy (non-hydrogen) atoms. The van der Waals surface area contributed by atoms with Crippen LogP contribution in [0.2, 0.25) is 0 Å². The van der Waals surface area contributed by atoms with Crippen LogP contribution in [0.15, 0.2) is 24.3 Å². The predicted octanol–water partition coefficient (Wildman–Crippen LogP) is 2.31. The molecule has 0 aromatic heterocycles. The van der Waals surface area contributed by atoms with Gasteiger partial charge < -0.3 is 5.11 Å². The Kier molecular flexibility index (Phi) is 3.73. The minimum absolute atomic E-state index is 0.0148. The number of aliphatic hydroxyl groups excluding tert-OH is 1. The maximum absolute atomic E-state index is 13.2. The summed E-state index contributed by atoms with van der Waals surface area (Å²) in [5, 5.41) is 9.29. The van der Waals surface area contributed by atoms with Crippen LogP contribution in [-0.2, 0) is 16.2 Å². The van der Waals surface area contributed by atoms with Crippen molar-refractivity contribution >= 4 is 10.0 Å². The summed E-state index contributed by atoms with van der Waals surface area (Å²) in [6.45, 7) is -0.143. The normalized spacial score (nSPS) is 27.3. The standard InChI is InChI=1S/C14H16F3NO3S/c15-14(16,17)12-4-2-1-3-11(12)13-7-9(19)8-18(13)22(20,21)10-5-6-10/h1-4,9-10,13,19H,5-8H2. The lowest BCUT2D eigenvalue weighted by molar-refractivity contribution is -0.138. The SMILES string of the molecule is O=S(=O)(C1CC1)N1CC(O)CC1c1ccccc1C(F)(F)F. The van der Waals surface area contributed by atoms with E-state index in [0.717, 1.165) is 10.4 Å². The van der Waals surface area contributed by atoms with Gasteiger partial charge in [-0.05, 0) is 30.9 Å². The summed E-state index contributed by atoms with van der Waals surface area (Å²) >= 11 is 0. The highest BCUT2D eigenvalue weighted by Crippen LogP contribution is 2.44. The molecule has 8 heteroatoms. The van der Waals surface area contributed by atoms with Crippen molar-refractivity contribution in [2.45, 2.75) is 42.8 Å². The van der Waals surface area contributed by atoms with E-state index in [2.05, 4.69) is 0 Å². The number of β-amino-alcohol motifs (C(OH)–C–C–N with tert-alkyl or cyclic N) is 1. The third kappa shape index (κ3) is 2.75. The topological polar surface area (TPSA) is 57.6 Å². The maximum Gasteiger partial charge on any atom is 0.416 e. The van der Waals surface area contributed by atoms with Gasteiger partial charge >= 0.3 is 6.18 Å². The van der Waals surface area contributed by atoms with E-state index < -0.39 is 39.2 Å². The second-order valence-corrected chi connectivity index (χ2v) is 7.97. The lowest BCUT2D eigenvalue weighted by atomic mass is 9.98. The Morgan fingerprint density at radius 1 is 1.18 bits per heavy atom. The fraction of sp³-hybridized carbons (Fsp3) is 0.571. The van der Waals surface area contributed by atoms with Gasteiger partial charge in [-0.1, -0.05) is 18.2 Å². The molecule has 1 aliphatic carbocycles. The number of rotatable bonds is 3. The largest absolute Gasteiger partial charge is 0.416 e. The number of nitrogens with zero attached hydrogens (tertiary/aromatic N) is 1. The number of sulfonamides is 1. The van der Waals surface area contributed by atoms with Crippen LogP contribution in [0.1, 0.15) is 36.4 Å². The van der Waals surface area contributed by atoms with Gasteiger partial charge in [-0.15, -0.1) is 0 Å². The summed E-state index contributed by atoms with van der Waals surface area (Å²) < 4.78 is 65.4. The van der Waals surface area contributed by atoms with Crippen molar-refractivity contribution in [1.82, 2.24) is 4.31 Å². The number of aliphatic hydroxyl groups is 1. The van der Waals surface area contributed by atoms with E-state index in [1.165, 1.54) is 18.2 Å². The van der Waals surface area contributed by atoms with Gasteiger partial charge in [-0.25, -0.2) is 8.42 Å². The smallest absolute Gasteiger partial charge is 0.392 e. The molecule has 2 atom stereocenters. The Bertz CT molecular complexity index is 670. The minimum atomic E-state index is -4.56. The van der Waals surface area contributed by atoms with Crippen molar-refractivity contribution in [2.24, 2.45) is 0 Å². The highest BCUT2D eigenvalue weighted by atomic mass is 32.2. The Labute approximate surface area is 126 Å². The second kappa shape index (κ2) is 5.21. The van der Waals surface area contributed by atoms with Crippen LogP contribution >= 0.6 is 0 Å². The van der Waals surface area contributed by atoms with Gasteiger partial charge in [0.1, 0.15) is 0 Å². The highest BCUT2D eigenvalue weighted by molar-refractivity contribution is 7.90. The maximum atomic E-state index is 13.2. The molecule has 2 unspecified atom stereocenters. The fourth-order valence-electron chi connectivity index (χ4n) is 2.95. The van der Waals surface area contributed by atoms with Crippen LogP contribution in [0.3, 0.4) is 0 Å². The van der Waals surface area contributed by atoms with Crippen LogP contribution in [-0.4, -0.2) is 35.7 Å². The first-order valence-electron chi connectivity index (χ1n) is 7.06. The Balaban J connectivity index is 2.03. The molecule has 1 heterocycles. The average Bonchev–Trinajstić information content (AvgIpc) is 3.21. The molecule has 1 aromatic carbocycles. The molecule has 122 valence electrons. The van der Waals surface area contributed by atoms with Crippen LogP contribution in [0, 0.1) is 0 Å². The highest BCUT2D eigenvalue weighted by Gasteiger charge is 2.48. The lowest BCUT2D eigenvalue weighted by Gasteiger charge is -2.26. The van der Waals surface area contributed by atoms with Crippen molar-refractivity contribution < 1.29 is 26.7 Å². The molecule has 0 radical (unpaired) electrons. The van der Waals surface area contributed by atoms with Gasteiger partial charge in [0, 0.05) is 6.54 Å². The van der Waals surface area contributed by atoms with Gasteiger partial charge in [-0.3, -0.25) is 0 Å². The molecule has 1 aromatic rings. The molecule has 1 saturated carbocycles. The van der Waals surface area contributed by atoms with Gasteiger partial charge in [0.05, 0.1) is 23.0 Å². The molecule has 1 N–H and O–H groups in total. The van der Waals surface area contributed by atoms with E-state index in [4.69, 9.17) is 0 Å². The molecule has 0 spiro atoms. The Morgan fingerprint density at radius 3 is 2.41 bits per heavy atom. The van der Waals surface area contributed by atoms with Crippen molar-refractivity contribution in [3.63, 3.8) is 0 Å². The van der Waals surface area contributed by atoms with E-state index in [-0.39, 0.29) is 18.5 Å². The number of hydrogen-bond acceptors (Lipinski definition) is 3. The van der Waals surface area contributed by atoms with E-state index in [1.54, 1.807) is 0 Å². The quantitative estimate of drug-likeness (QED) is 0.922. The summed E-state index contributed by atoms with van der Waals surface area (Å²) in [6.07, 6.45) is -4.46. The van der Waals surface area contributed by atoms with Gasteiger partial charge in [-0.2, -0.15) is 17.5 Å². The van der Waals surface area contributed by atoms with Crippen LogP contribution in [0.25, 0.3) is 0 Å². The second-order valence-electron chi connectivity index (χ2n) is 5.80. The monoisotopic (exact) mass is 335 g/mol. The first kappa shape index (κ1) is 15.8. The zero-order valence-corrected chi connectivity index (χ0v) is 12.4. The van der Waals surface area contributed by atoms with Crippen LogP contribution in [0.5, 0.6) is 0 Å². The minimum Gasteiger partial charge on any atom is -0.392 e. The predicted molar refractivity (Wildman–Crippen MR) is 73.5 cm³/mol. The van der Waals surface area contributed by atoms with E-state index in [9.17, 15) is 26.7 Å². The summed E-state index contributed by atoms with van der Waals surface area (Å²) in [6, 6.07) is 4.01. The van der Waals surface area contributed by atoms with Crippen molar-refractivity contribution in [1.29, 1.82) is 0 Å². The number of halogens is 3. The molecule has 1 saturated heterocycles. The number of hydrogen-bond donors (Lipinski definition) is 1. The van der Waals surface area contributed by atoms with E-state index in [0.29, 0.717) is 12.8 Å². The van der Waals surface area contributed by atoms with Gasteiger partial charge in [0.15, 0.2) is 0 Å². The number of alkyl halides is 3. The van der Waals surface area contributed by atoms with Crippen LogP contribution < -0.4 is 0 Å². The lowest BCUT2D eigenvalue weighted by Crippen LogP contribution is -2.35. The van der Waals surface area contributed by atoms with Gasteiger partial charge in [0.2, 0.25) is 10.0 Å². The Hall–Kier alpha value is -1.12. The van der Waals surface area contributed by atoms with E-state index in [1.807, 2.05) is 0 Å². The summed E-state index contributed by atoms with van der Waals surface area (Å²) in [7, 11) is -3.65. The molecule has 4 nitrogen and oxygen atoms in total. The molecular weight excluding hydrogens is 319 g/mol. The third-order valence-electron chi connectivity index (χ3n) is 4.13. The van der Waals surface area contributed by atoms with Crippen molar-refractivity contribution in [3.8, 4) is 0 Å². The fourth-order valence-corrected chi connectivity index (χ4v) is 5.00. The van der Waals surface area contributed by atoms with Crippen molar-refractivity contribution in [3.05, 3.63) is 35.4 Å². The average molecular weight is 335 g/mol. The summed E-state index contributed by atoms with van der Waals surface area (Å²) in [4.78, 5) is 0. The molecule has 0 bridgehead atoms. The first-order valence-corrected chi connectivity index (χ1v) is 8.56. The first-order chi connectivity index (χ1) is 10.2. The van der Waals surface area contributed by atoms with Crippen LogP contribution in [0.4, 0.5) is 13.2 Å². The third-order valence-corrected chi connectivity index (χ3v) is 6.50.